The minimum atomic E-state index is -0.440. The van der Waals surface area contributed by atoms with Gasteiger partial charge in [0.05, 0.1) is 29.0 Å². The van der Waals surface area contributed by atoms with E-state index in [9.17, 15) is 4.79 Å². The molecule has 0 saturated heterocycles. The first-order chi connectivity index (χ1) is 15.4. The highest BCUT2D eigenvalue weighted by molar-refractivity contribution is 6.30. The van der Waals surface area contributed by atoms with E-state index in [-0.39, 0.29) is 12.0 Å². The summed E-state index contributed by atoms with van der Waals surface area (Å²) in [6.45, 7) is 4.41. The van der Waals surface area contributed by atoms with Crippen molar-refractivity contribution in [3.63, 3.8) is 0 Å². The van der Waals surface area contributed by atoms with Crippen LogP contribution in [0.5, 0.6) is 5.75 Å². The van der Waals surface area contributed by atoms with Gasteiger partial charge >= 0.3 is 0 Å². The number of rotatable bonds is 5. The standard InChI is InChI=1S/C26H26ClN3O2/c1-16-14-28-17(2)24(30-16)18-4-9-23-19(12-18)13-22(32-23)15-29-25(31)26(10-3-11-26)20-5-7-21(27)8-6-20/h4-9,12,14,22H,3,10-11,13,15H2,1-2H3,(H,29,31)/t22-/m0/s1. The fraction of sp³-hybridized carbons (Fsp3) is 0.346. The highest BCUT2D eigenvalue weighted by Gasteiger charge is 2.45. The molecular weight excluding hydrogens is 422 g/mol. The average Bonchev–Trinajstić information content (AvgIpc) is 3.16. The first kappa shape index (κ1) is 21.0. The number of hydrogen-bond donors (Lipinski definition) is 1. The van der Waals surface area contributed by atoms with Crippen LogP contribution in [0.4, 0.5) is 0 Å². The topological polar surface area (TPSA) is 64.1 Å². The van der Waals surface area contributed by atoms with Gasteiger partial charge in [-0.15, -0.1) is 0 Å². The van der Waals surface area contributed by atoms with E-state index < -0.39 is 5.41 Å². The fourth-order valence-corrected chi connectivity index (χ4v) is 4.84. The number of halogens is 1. The summed E-state index contributed by atoms with van der Waals surface area (Å²) >= 11 is 6.04. The molecule has 1 saturated carbocycles. The molecule has 0 spiro atoms. The largest absolute Gasteiger partial charge is 0.488 e. The summed E-state index contributed by atoms with van der Waals surface area (Å²) in [4.78, 5) is 22.2. The number of ether oxygens (including phenoxy) is 1. The Bertz CT molecular complexity index is 1170. The monoisotopic (exact) mass is 447 g/mol. The Kier molecular flexibility index (Phi) is 5.38. The summed E-state index contributed by atoms with van der Waals surface area (Å²) < 4.78 is 6.12. The van der Waals surface area contributed by atoms with Gasteiger partial charge in [0.15, 0.2) is 0 Å². The lowest BCUT2D eigenvalue weighted by Crippen LogP contribution is -2.51. The molecule has 1 amide bonds. The van der Waals surface area contributed by atoms with Crippen LogP contribution in [0.25, 0.3) is 11.3 Å². The first-order valence-corrected chi connectivity index (χ1v) is 11.5. The summed E-state index contributed by atoms with van der Waals surface area (Å²) in [6, 6.07) is 13.8. The Hall–Kier alpha value is -2.92. The highest BCUT2D eigenvalue weighted by Crippen LogP contribution is 2.44. The summed E-state index contributed by atoms with van der Waals surface area (Å²) in [5, 5.41) is 3.85. The van der Waals surface area contributed by atoms with Gasteiger partial charge in [0.2, 0.25) is 5.91 Å². The molecule has 5 rings (SSSR count). The van der Waals surface area contributed by atoms with Gasteiger partial charge in [-0.3, -0.25) is 9.78 Å². The minimum absolute atomic E-state index is 0.0729. The number of carbonyl (C=O) groups is 1. The molecule has 164 valence electrons. The Morgan fingerprint density at radius 3 is 2.69 bits per heavy atom. The van der Waals surface area contributed by atoms with Gasteiger partial charge in [-0.05, 0) is 68.1 Å². The number of hydrogen-bond acceptors (Lipinski definition) is 4. The van der Waals surface area contributed by atoms with Gasteiger partial charge < -0.3 is 10.1 Å². The SMILES string of the molecule is Cc1cnc(C)c(-c2ccc3c(c2)C[C@@H](CNC(=O)C2(c4ccc(Cl)cc4)CCC2)O3)n1. The van der Waals surface area contributed by atoms with Crippen molar-refractivity contribution in [2.24, 2.45) is 0 Å². The third-order valence-corrected chi connectivity index (χ3v) is 6.93. The van der Waals surface area contributed by atoms with Gasteiger partial charge in [-0.25, -0.2) is 4.98 Å². The average molecular weight is 448 g/mol. The van der Waals surface area contributed by atoms with Crippen LogP contribution < -0.4 is 10.1 Å². The predicted molar refractivity (Wildman–Crippen MR) is 125 cm³/mol. The Balaban J connectivity index is 1.26. The Morgan fingerprint density at radius 2 is 1.97 bits per heavy atom. The van der Waals surface area contributed by atoms with Crippen molar-refractivity contribution in [1.82, 2.24) is 15.3 Å². The third kappa shape index (κ3) is 3.75. The highest BCUT2D eigenvalue weighted by atomic mass is 35.5. The third-order valence-electron chi connectivity index (χ3n) is 6.68. The maximum atomic E-state index is 13.2. The van der Waals surface area contributed by atoms with Gasteiger partial charge in [-0.2, -0.15) is 0 Å². The smallest absolute Gasteiger partial charge is 0.230 e. The van der Waals surface area contributed by atoms with Gasteiger partial charge in [-0.1, -0.05) is 30.2 Å². The minimum Gasteiger partial charge on any atom is -0.488 e. The first-order valence-electron chi connectivity index (χ1n) is 11.1. The number of fused-ring (bicyclic) bond motifs is 1. The molecule has 0 unspecified atom stereocenters. The van der Waals surface area contributed by atoms with Crippen molar-refractivity contribution in [3.05, 3.63) is 76.2 Å². The maximum Gasteiger partial charge on any atom is 0.230 e. The lowest BCUT2D eigenvalue weighted by Gasteiger charge is -2.41. The molecule has 6 heteroatoms. The quantitative estimate of drug-likeness (QED) is 0.600. The molecule has 2 heterocycles. The van der Waals surface area contributed by atoms with E-state index in [2.05, 4.69) is 21.4 Å². The summed E-state index contributed by atoms with van der Waals surface area (Å²) in [6.07, 6.45) is 5.27. The lowest BCUT2D eigenvalue weighted by molar-refractivity contribution is -0.130. The van der Waals surface area contributed by atoms with E-state index in [0.29, 0.717) is 11.6 Å². The molecule has 2 aliphatic rings. The molecule has 1 N–H and O–H groups in total. The van der Waals surface area contributed by atoms with E-state index >= 15 is 0 Å². The molecule has 5 nitrogen and oxygen atoms in total. The van der Waals surface area contributed by atoms with E-state index in [1.54, 1.807) is 6.20 Å². The van der Waals surface area contributed by atoms with Crippen molar-refractivity contribution < 1.29 is 9.53 Å². The van der Waals surface area contributed by atoms with Gasteiger partial charge in [0.1, 0.15) is 11.9 Å². The second-order valence-corrected chi connectivity index (χ2v) is 9.30. The van der Waals surface area contributed by atoms with E-state index in [1.807, 2.05) is 50.2 Å². The van der Waals surface area contributed by atoms with Crippen LogP contribution in [-0.4, -0.2) is 28.5 Å². The molecule has 2 aromatic carbocycles. The second kappa shape index (κ2) is 8.21. The van der Waals surface area contributed by atoms with Gasteiger partial charge in [0, 0.05) is 23.2 Å². The molecule has 0 bridgehead atoms. The lowest BCUT2D eigenvalue weighted by atomic mass is 9.64. The van der Waals surface area contributed by atoms with Crippen molar-refractivity contribution in [1.29, 1.82) is 0 Å². The molecule has 1 atom stereocenters. The molecule has 3 aromatic rings. The number of aryl methyl sites for hydroxylation is 2. The van der Waals surface area contributed by atoms with Crippen molar-refractivity contribution in [3.8, 4) is 17.0 Å². The Morgan fingerprint density at radius 1 is 1.19 bits per heavy atom. The van der Waals surface area contributed by atoms with Crippen LogP contribution >= 0.6 is 11.6 Å². The molecule has 32 heavy (non-hydrogen) atoms. The number of carbonyl (C=O) groups excluding carboxylic acids is 1. The molecule has 0 radical (unpaired) electrons. The summed E-state index contributed by atoms with van der Waals surface area (Å²) in [5.74, 6) is 0.958. The van der Waals surface area contributed by atoms with Gasteiger partial charge in [0.25, 0.3) is 0 Å². The number of amides is 1. The normalized spacial score (nSPS) is 18.4. The maximum absolute atomic E-state index is 13.2. The van der Waals surface area contributed by atoms with E-state index in [1.165, 1.54) is 0 Å². The molecule has 1 aliphatic heterocycles. The molecule has 1 fully saturated rings. The number of benzene rings is 2. The van der Waals surface area contributed by atoms with E-state index in [0.717, 1.165) is 65.2 Å². The van der Waals surface area contributed by atoms with Crippen molar-refractivity contribution in [2.45, 2.75) is 51.0 Å². The molecule has 1 aromatic heterocycles. The van der Waals surface area contributed by atoms with Crippen LogP contribution in [0.15, 0.2) is 48.7 Å². The zero-order valence-corrected chi connectivity index (χ0v) is 19.1. The number of aromatic nitrogens is 2. The number of nitrogens with one attached hydrogen (secondary N) is 1. The fourth-order valence-electron chi connectivity index (χ4n) is 4.71. The predicted octanol–water partition coefficient (Wildman–Crippen LogP) is 4.96. The van der Waals surface area contributed by atoms with Crippen LogP contribution in [0.1, 0.15) is 41.8 Å². The number of nitrogens with zero attached hydrogens (tertiary/aromatic N) is 2. The summed E-state index contributed by atoms with van der Waals surface area (Å²) in [7, 11) is 0. The van der Waals surface area contributed by atoms with Crippen LogP contribution in [0.3, 0.4) is 0 Å². The van der Waals surface area contributed by atoms with Crippen molar-refractivity contribution >= 4 is 17.5 Å². The van der Waals surface area contributed by atoms with Crippen LogP contribution in [0.2, 0.25) is 5.02 Å². The second-order valence-electron chi connectivity index (χ2n) is 8.86. The Labute approximate surface area is 193 Å². The summed E-state index contributed by atoms with van der Waals surface area (Å²) in [5.41, 5.74) is 5.49. The molecular formula is C26H26ClN3O2. The zero-order chi connectivity index (χ0) is 22.3. The van der Waals surface area contributed by atoms with Crippen molar-refractivity contribution in [2.75, 3.05) is 6.54 Å². The zero-order valence-electron chi connectivity index (χ0n) is 18.3. The van der Waals surface area contributed by atoms with E-state index in [4.69, 9.17) is 16.3 Å². The van der Waals surface area contributed by atoms with Crippen LogP contribution in [0, 0.1) is 13.8 Å². The molecule has 1 aliphatic carbocycles. The van der Waals surface area contributed by atoms with Crippen LogP contribution in [-0.2, 0) is 16.6 Å².